The minimum atomic E-state index is -1.32. The van der Waals surface area contributed by atoms with Gasteiger partial charge in [0.15, 0.2) is 0 Å². The number of nitrogens with zero attached hydrogens (tertiary/aromatic N) is 1. The summed E-state index contributed by atoms with van der Waals surface area (Å²) in [6.45, 7) is 0. The van der Waals surface area contributed by atoms with Crippen molar-refractivity contribution in [1.82, 2.24) is 0 Å². The van der Waals surface area contributed by atoms with Crippen LogP contribution in [0.25, 0.3) is 0 Å². The lowest BCUT2D eigenvalue weighted by Crippen LogP contribution is -2.12. The Kier molecular flexibility index (Phi) is 3.45. The molecule has 1 fully saturated rings. The van der Waals surface area contributed by atoms with E-state index in [1.165, 1.54) is 18.2 Å². The molecular weight excluding hydrogens is 238 g/mol. The highest BCUT2D eigenvalue weighted by molar-refractivity contribution is 5.92. The van der Waals surface area contributed by atoms with Crippen LogP contribution in [0, 0.1) is 10.1 Å². The molecule has 0 heterocycles. The van der Waals surface area contributed by atoms with Crippen molar-refractivity contribution in [1.29, 1.82) is 0 Å². The van der Waals surface area contributed by atoms with Crippen molar-refractivity contribution in [2.45, 2.75) is 31.8 Å². The van der Waals surface area contributed by atoms with Gasteiger partial charge in [-0.3, -0.25) is 10.1 Å². The molecule has 1 N–H and O–H groups in total. The summed E-state index contributed by atoms with van der Waals surface area (Å²) in [5.74, 6) is -0.941. The van der Waals surface area contributed by atoms with Gasteiger partial charge in [0.05, 0.1) is 11.0 Å². The Morgan fingerprint density at radius 1 is 1.39 bits per heavy atom. The van der Waals surface area contributed by atoms with E-state index in [0.29, 0.717) is 5.75 Å². The maximum atomic E-state index is 11.0. The lowest BCUT2D eigenvalue weighted by Gasteiger charge is -2.13. The van der Waals surface area contributed by atoms with Gasteiger partial charge in [-0.15, -0.1) is 0 Å². The maximum Gasteiger partial charge on any atom is 0.342 e. The molecule has 1 aliphatic carbocycles. The molecule has 6 nitrogen and oxygen atoms in total. The van der Waals surface area contributed by atoms with Crippen molar-refractivity contribution in [2.24, 2.45) is 0 Å². The molecule has 0 spiro atoms. The van der Waals surface area contributed by atoms with Crippen LogP contribution < -0.4 is 4.74 Å². The van der Waals surface area contributed by atoms with Crippen molar-refractivity contribution < 1.29 is 19.6 Å². The van der Waals surface area contributed by atoms with Crippen molar-refractivity contribution in [2.75, 3.05) is 0 Å². The number of carbonyl (C=O) groups is 1. The van der Waals surface area contributed by atoms with Crippen LogP contribution in [0.2, 0.25) is 0 Å². The first-order valence-electron chi connectivity index (χ1n) is 5.76. The second kappa shape index (κ2) is 5.03. The van der Waals surface area contributed by atoms with Crippen LogP contribution in [0.15, 0.2) is 18.2 Å². The molecule has 0 amide bonds. The van der Waals surface area contributed by atoms with E-state index >= 15 is 0 Å². The number of carboxylic acid groups (broad SMARTS) is 1. The van der Waals surface area contributed by atoms with E-state index < -0.39 is 16.6 Å². The Morgan fingerprint density at radius 3 is 2.61 bits per heavy atom. The summed E-state index contributed by atoms with van der Waals surface area (Å²) in [4.78, 5) is 20.9. The monoisotopic (exact) mass is 251 g/mol. The largest absolute Gasteiger partial charge is 0.490 e. The Balaban J connectivity index is 2.24. The Labute approximate surface area is 103 Å². The molecule has 2 rings (SSSR count). The van der Waals surface area contributed by atoms with E-state index in [1.807, 2.05) is 0 Å². The van der Waals surface area contributed by atoms with Crippen molar-refractivity contribution >= 4 is 11.7 Å². The number of aromatic carboxylic acids is 1. The Morgan fingerprint density at radius 2 is 2.06 bits per heavy atom. The summed E-state index contributed by atoms with van der Waals surface area (Å²) < 4.78 is 5.61. The first kappa shape index (κ1) is 12.3. The normalized spacial score (nSPS) is 15.6. The quantitative estimate of drug-likeness (QED) is 0.656. The molecule has 0 atom stereocenters. The fourth-order valence-electron chi connectivity index (χ4n) is 2.12. The topological polar surface area (TPSA) is 89.7 Å². The summed E-state index contributed by atoms with van der Waals surface area (Å²) in [6.07, 6.45) is 4.18. The number of ether oxygens (including phenoxy) is 1. The van der Waals surface area contributed by atoms with Gasteiger partial charge in [-0.25, -0.2) is 4.79 Å². The van der Waals surface area contributed by atoms with Gasteiger partial charge in [0.1, 0.15) is 11.3 Å². The smallest absolute Gasteiger partial charge is 0.342 e. The predicted molar refractivity (Wildman–Crippen MR) is 62.9 cm³/mol. The lowest BCUT2D eigenvalue weighted by molar-refractivity contribution is -0.385. The van der Waals surface area contributed by atoms with Crippen LogP contribution in [-0.2, 0) is 0 Å². The molecule has 1 aromatic rings. The molecule has 0 unspecified atom stereocenters. The molecule has 0 saturated heterocycles. The minimum absolute atomic E-state index is 0.0908. The van der Waals surface area contributed by atoms with Gasteiger partial charge >= 0.3 is 5.97 Å². The lowest BCUT2D eigenvalue weighted by atomic mass is 10.1. The van der Waals surface area contributed by atoms with E-state index in [1.54, 1.807) is 0 Å². The van der Waals surface area contributed by atoms with Crippen LogP contribution in [0.1, 0.15) is 36.0 Å². The van der Waals surface area contributed by atoms with Gasteiger partial charge in [0.2, 0.25) is 0 Å². The van der Waals surface area contributed by atoms with Gasteiger partial charge in [0.25, 0.3) is 5.69 Å². The molecule has 0 aliphatic heterocycles. The average molecular weight is 251 g/mol. The van der Waals surface area contributed by atoms with E-state index in [-0.39, 0.29) is 11.7 Å². The number of nitro benzene ring substituents is 1. The number of carboxylic acids is 1. The molecule has 1 aromatic carbocycles. The third-order valence-electron chi connectivity index (χ3n) is 3.00. The van der Waals surface area contributed by atoms with Crippen LogP contribution in [-0.4, -0.2) is 22.1 Å². The van der Waals surface area contributed by atoms with Gasteiger partial charge < -0.3 is 9.84 Å². The fourth-order valence-corrected chi connectivity index (χ4v) is 2.12. The van der Waals surface area contributed by atoms with Crippen LogP contribution >= 0.6 is 0 Å². The summed E-state index contributed by atoms with van der Waals surface area (Å²) >= 11 is 0. The molecule has 0 aromatic heterocycles. The van der Waals surface area contributed by atoms with E-state index in [4.69, 9.17) is 9.84 Å². The highest BCUT2D eigenvalue weighted by atomic mass is 16.6. The minimum Gasteiger partial charge on any atom is -0.490 e. The maximum absolute atomic E-state index is 11.0. The van der Waals surface area contributed by atoms with Crippen molar-refractivity contribution in [3.8, 4) is 5.75 Å². The van der Waals surface area contributed by atoms with E-state index in [2.05, 4.69) is 0 Å². The molecule has 0 radical (unpaired) electrons. The first-order chi connectivity index (χ1) is 8.58. The van der Waals surface area contributed by atoms with E-state index in [9.17, 15) is 14.9 Å². The van der Waals surface area contributed by atoms with Gasteiger partial charge in [0, 0.05) is 12.1 Å². The third kappa shape index (κ3) is 2.58. The zero-order chi connectivity index (χ0) is 13.1. The fraction of sp³-hybridized carbons (Fsp3) is 0.417. The summed E-state index contributed by atoms with van der Waals surface area (Å²) in [6, 6.07) is 3.84. The summed E-state index contributed by atoms with van der Waals surface area (Å²) in [7, 11) is 0. The SMILES string of the molecule is O=C(O)c1cc(OC2CCCC2)ccc1[N+](=O)[O-]. The molecule has 1 saturated carbocycles. The second-order valence-corrected chi connectivity index (χ2v) is 4.27. The second-order valence-electron chi connectivity index (χ2n) is 4.27. The Bertz CT molecular complexity index is 479. The standard InChI is InChI=1S/C12H13NO5/c14-12(15)10-7-9(5-6-11(10)13(16)17)18-8-3-1-2-4-8/h5-8H,1-4H2,(H,14,15). The summed E-state index contributed by atoms with van der Waals surface area (Å²) in [5, 5.41) is 19.6. The number of hydrogen-bond acceptors (Lipinski definition) is 4. The number of hydrogen-bond donors (Lipinski definition) is 1. The molecular formula is C12H13NO5. The van der Waals surface area contributed by atoms with Crippen LogP contribution in [0.4, 0.5) is 5.69 Å². The van der Waals surface area contributed by atoms with Crippen molar-refractivity contribution in [3.63, 3.8) is 0 Å². The van der Waals surface area contributed by atoms with Crippen LogP contribution in [0.3, 0.4) is 0 Å². The van der Waals surface area contributed by atoms with Gasteiger partial charge in [-0.2, -0.15) is 0 Å². The zero-order valence-corrected chi connectivity index (χ0v) is 9.67. The highest BCUT2D eigenvalue weighted by Gasteiger charge is 2.22. The van der Waals surface area contributed by atoms with E-state index in [0.717, 1.165) is 25.7 Å². The van der Waals surface area contributed by atoms with Crippen LogP contribution in [0.5, 0.6) is 5.75 Å². The predicted octanol–water partition coefficient (Wildman–Crippen LogP) is 2.61. The zero-order valence-electron chi connectivity index (χ0n) is 9.67. The first-order valence-corrected chi connectivity index (χ1v) is 5.76. The number of benzene rings is 1. The number of nitro groups is 1. The molecule has 0 bridgehead atoms. The Hall–Kier alpha value is -2.11. The van der Waals surface area contributed by atoms with Crippen molar-refractivity contribution in [3.05, 3.63) is 33.9 Å². The number of rotatable bonds is 4. The molecule has 6 heteroatoms. The average Bonchev–Trinajstić information content (AvgIpc) is 2.81. The van der Waals surface area contributed by atoms with Gasteiger partial charge in [-0.05, 0) is 31.7 Å². The molecule has 96 valence electrons. The summed E-state index contributed by atoms with van der Waals surface area (Å²) in [5.41, 5.74) is -0.753. The molecule has 18 heavy (non-hydrogen) atoms. The molecule has 1 aliphatic rings. The van der Waals surface area contributed by atoms with Gasteiger partial charge in [-0.1, -0.05) is 0 Å². The third-order valence-corrected chi connectivity index (χ3v) is 3.00. The highest BCUT2D eigenvalue weighted by Crippen LogP contribution is 2.28.